The molecule has 1 aliphatic heterocycles. The maximum atomic E-state index is 12.3. The van der Waals surface area contributed by atoms with Crippen molar-refractivity contribution in [3.8, 4) is 11.1 Å². The number of hydrogen-bond acceptors (Lipinski definition) is 6. The van der Waals surface area contributed by atoms with E-state index in [1.807, 2.05) is 44.7 Å². The van der Waals surface area contributed by atoms with Crippen LogP contribution < -0.4 is 10.2 Å². The molecule has 1 fully saturated rings. The van der Waals surface area contributed by atoms with E-state index < -0.39 is 0 Å². The fraction of sp³-hybridized carbons (Fsp3) is 0.320. The Morgan fingerprint density at radius 2 is 1.91 bits per heavy atom. The summed E-state index contributed by atoms with van der Waals surface area (Å²) >= 11 is 6.21. The van der Waals surface area contributed by atoms with E-state index in [2.05, 4.69) is 37.4 Å². The van der Waals surface area contributed by atoms with Crippen molar-refractivity contribution in [1.29, 1.82) is 0 Å². The molecular weight excluding hydrogens is 450 g/mol. The third-order valence-electron chi connectivity index (χ3n) is 6.22. The Bertz CT molecular complexity index is 1340. The first-order valence-electron chi connectivity index (χ1n) is 11.5. The highest BCUT2D eigenvalue weighted by Gasteiger charge is 2.24. The number of halogens is 1. The molecule has 3 aromatic heterocycles. The summed E-state index contributed by atoms with van der Waals surface area (Å²) in [6, 6.07) is 9.56. The van der Waals surface area contributed by atoms with E-state index in [0.29, 0.717) is 23.2 Å². The van der Waals surface area contributed by atoms with Gasteiger partial charge in [0.05, 0.1) is 22.9 Å². The number of rotatable bonds is 5. The second kappa shape index (κ2) is 9.38. The van der Waals surface area contributed by atoms with Crippen LogP contribution in [-0.4, -0.2) is 50.3 Å². The lowest BCUT2D eigenvalue weighted by Gasteiger charge is -2.32. The van der Waals surface area contributed by atoms with E-state index in [-0.39, 0.29) is 5.91 Å². The van der Waals surface area contributed by atoms with Crippen LogP contribution in [0.25, 0.3) is 22.2 Å². The average Bonchev–Trinajstić information content (AvgIpc) is 3.29. The van der Waals surface area contributed by atoms with Crippen LogP contribution in [0.3, 0.4) is 0 Å². The topological polar surface area (TPSA) is 88.8 Å². The van der Waals surface area contributed by atoms with Crippen LogP contribution in [0.2, 0.25) is 5.15 Å². The van der Waals surface area contributed by atoms with Crippen LogP contribution in [-0.2, 0) is 7.05 Å². The van der Waals surface area contributed by atoms with Gasteiger partial charge in [0.2, 0.25) is 0 Å². The maximum Gasteiger partial charge on any atom is 0.251 e. The predicted molar refractivity (Wildman–Crippen MR) is 133 cm³/mol. The van der Waals surface area contributed by atoms with Crippen molar-refractivity contribution < 1.29 is 4.79 Å². The second-order valence-corrected chi connectivity index (χ2v) is 8.95. The standard InChI is InChI=1S/C25H26ClN7O/c1-3-27-25(34)18-11-23(26)31-24(12-18)33-8-6-16(7-9-33)22-14-28-20-5-4-17(10-21(20)30-22)19-13-29-32(2)15-19/h4-5,10-16H,3,6-9H2,1-2H3,(H,27,34). The molecule has 174 valence electrons. The van der Waals surface area contributed by atoms with Gasteiger partial charge < -0.3 is 10.2 Å². The minimum Gasteiger partial charge on any atom is -0.357 e. The van der Waals surface area contributed by atoms with Gasteiger partial charge in [0.25, 0.3) is 5.91 Å². The molecule has 0 radical (unpaired) electrons. The Labute approximate surface area is 203 Å². The number of carbonyl (C=O) groups excluding carboxylic acids is 1. The van der Waals surface area contributed by atoms with Crippen molar-refractivity contribution >= 4 is 34.4 Å². The van der Waals surface area contributed by atoms with Crippen LogP contribution in [0.4, 0.5) is 5.82 Å². The van der Waals surface area contributed by atoms with Gasteiger partial charge in [0.1, 0.15) is 11.0 Å². The minimum absolute atomic E-state index is 0.139. The number of nitrogens with zero attached hydrogens (tertiary/aromatic N) is 6. The summed E-state index contributed by atoms with van der Waals surface area (Å²) in [5.41, 5.74) is 5.46. The summed E-state index contributed by atoms with van der Waals surface area (Å²) in [5, 5.41) is 7.40. The summed E-state index contributed by atoms with van der Waals surface area (Å²) in [5.74, 6) is 0.912. The van der Waals surface area contributed by atoms with Crippen molar-refractivity contribution in [3.05, 3.63) is 65.3 Å². The average molecular weight is 476 g/mol. The predicted octanol–water partition coefficient (Wildman–Crippen LogP) is 4.21. The highest BCUT2D eigenvalue weighted by atomic mass is 35.5. The molecule has 0 bridgehead atoms. The summed E-state index contributed by atoms with van der Waals surface area (Å²) in [6.07, 6.45) is 7.60. The molecule has 0 atom stereocenters. The highest BCUT2D eigenvalue weighted by molar-refractivity contribution is 6.29. The van der Waals surface area contributed by atoms with E-state index in [1.165, 1.54) is 0 Å². The van der Waals surface area contributed by atoms with Gasteiger partial charge in [-0.15, -0.1) is 0 Å². The monoisotopic (exact) mass is 475 g/mol. The van der Waals surface area contributed by atoms with Crippen molar-refractivity contribution in [2.45, 2.75) is 25.7 Å². The molecule has 1 saturated heterocycles. The SMILES string of the molecule is CCNC(=O)c1cc(Cl)nc(N2CCC(c3cnc4ccc(-c5cnn(C)c5)cc4n3)CC2)c1. The number of fused-ring (bicyclic) bond motifs is 1. The molecule has 1 amide bonds. The number of pyridine rings is 1. The molecule has 34 heavy (non-hydrogen) atoms. The fourth-order valence-electron chi connectivity index (χ4n) is 4.42. The van der Waals surface area contributed by atoms with Gasteiger partial charge in [0.15, 0.2) is 0 Å². The van der Waals surface area contributed by atoms with Gasteiger partial charge in [-0.05, 0) is 49.6 Å². The smallest absolute Gasteiger partial charge is 0.251 e. The van der Waals surface area contributed by atoms with E-state index >= 15 is 0 Å². The Kier molecular flexibility index (Phi) is 6.15. The lowest BCUT2D eigenvalue weighted by molar-refractivity contribution is 0.0955. The first-order chi connectivity index (χ1) is 16.5. The zero-order chi connectivity index (χ0) is 23.7. The Balaban J connectivity index is 1.32. The first kappa shape index (κ1) is 22.3. The number of nitrogens with one attached hydrogen (secondary N) is 1. The summed E-state index contributed by atoms with van der Waals surface area (Å²) in [7, 11) is 1.91. The number of carbonyl (C=O) groups is 1. The molecule has 0 saturated carbocycles. The largest absolute Gasteiger partial charge is 0.357 e. The zero-order valence-corrected chi connectivity index (χ0v) is 20.0. The molecule has 0 spiro atoms. The van der Waals surface area contributed by atoms with E-state index in [1.54, 1.807) is 10.7 Å². The van der Waals surface area contributed by atoms with Crippen LogP contribution in [0.15, 0.2) is 48.9 Å². The molecule has 1 aromatic carbocycles. The van der Waals surface area contributed by atoms with Crippen LogP contribution >= 0.6 is 11.6 Å². The molecule has 0 unspecified atom stereocenters. The maximum absolute atomic E-state index is 12.3. The van der Waals surface area contributed by atoms with Crippen LogP contribution in [0.5, 0.6) is 0 Å². The quantitative estimate of drug-likeness (QED) is 0.435. The van der Waals surface area contributed by atoms with E-state index in [4.69, 9.17) is 16.6 Å². The summed E-state index contributed by atoms with van der Waals surface area (Å²) in [4.78, 5) is 28.5. The molecule has 1 N–H and O–H groups in total. The number of anilines is 1. The Morgan fingerprint density at radius 3 is 2.65 bits per heavy atom. The molecule has 0 aliphatic carbocycles. The normalized spacial score (nSPS) is 14.5. The third kappa shape index (κ3) is 4.59. The van der Waals surface area contributed by atoms with E-state index in [0.717, 1.165) is 59.6 Å². The molecule has 4 heterocycles. The van der Waals surface area contributed by atoms with Crippen LogP contribution in [0, 0.1) is 0 Å². The Morgan fingerprint density at radius 1 is 1.09 bits per heavy atom. The van der Waals surface area contributed by atoms with Crippen molar-refractivity contribution in [3.63, 3.8) is 0 Å². The Hall–Kier alpha value is -3.52. The van der Waals surface area contributed by atoms with Gasteiger partial charge in [-0.3, -0.25) is 14.5 Å². The number of aromatic nitrogens is 5. The van der Waals surface area contributed by atoms with Gasteiger partial charge >= 0.3 is 0 Å². The highest BCUT2D eigenvalue weighted by Crippen LogP contribution is 2.31. The molecule has 4 aromatic rings. The van der Waals surface area contributed by atoms with Crippen molar-refractivity contribution in [2.24, 2.45) is 7.05 Å². The van der Waals surface area contributed by atoms with Crippen molar-refractivity contribution in [1.82, 2.24) is 30.0 Å². The summed E-state index contributed by atoms with van der Waals surface area (Å²) < 4.78 is 1.80. The lowest BCUT2D eigenvalue weighted by Crippen LogP contribution is -2.34. The van der Waals surface area contributed by atoms with E-state index in [9.17, 15) is 4.79 Å². The lowest BCUT2D eigenvalue weighted by atomic mass is 9.93. The number of piperidine rings is 1. The van der Waals surface area contributed by atoms with Crippen molar-refractivity contribution in [2.75, 3.05) is 24.5 Å². The van der Waals surface area contributed by atoms with Gasteiger partial charge in [-0.2, -0.15) is 5.10 Å². The van der Waals surface area contributed by atoms with Gasteiger partial charge in [0, 0.05) is 56.1 Å². The number of benzene rings is 1. The zero-order valence-electron chi connectivity index (χ0n) is 19.2. The number of hydrogen-bond donors (Lipinski definition) is 1. The third-order valence-corrected chi connectivity index (χ3v) is 6.41. The number of aryl methyl sites for hydroxylation is 1. The summed E-state index contributed by atoms with van der Waals surface area (Å²) in [6.45, 7) is 4.07. The molecule has 1 aliphatic rings. The first-order valence-corrected chi connectivity index (χ1v) is 11.8. The molecule has 8 nitrogen and oxygen atoms in total. The minimum atomic E-state index is -0.139. The number of amides is 1. The molecule has 5 rings (SSSR count). The van der Waals surface area contributed by atoms with Gasteiger partial charge in [-0.25, -0.2) is 9.97 Å². The van der Waals surface area contributed by atoms with Gasteiger partial charge in [-0.1, -0.05) is 17.7 Å². The fourth-order valence-corrected chi connectivity index (χ4v) is 4.62. The molecule has 9 heteroatoms. The molecular formula is C25H26ClN7O. The second-order valence-electron chi connectivity index (χ2n) is 8.56. The van der Waals surface area contributed by atoms with Crippen LogP contribution in [0.1, 0.15) is 41.7 Å².